The van der Waals surface area contributed by atoms with E-state index in [1.165, 1.54) is 11.6 Å². The van der Waals surface area contributed by atoms with Gasteiger partial charge < -0.3 is 9.88 Å². The molecule has 8 heteroatoms. The van der Waals surface area contributed by atoms with Crippen molar-refractivity contribution in [1.29, 1.82) is 0 Å². The van der Waals surface area contributed by atoms with Crippen molar-refractivity contribution in [2.45, 2.75) is 33.0 Å². The Bertz CT molecular complexity index is 869. The second-order valence-corrected chi connectivity index (χ2v) is 7.31. The normalized spacial score (nSPS) is 15.1. The SMILES string of the molecule is CC(=O)NCc1nnc2n1CCN(Cc1nc3ccccc3s1)CC2. The molecule has 0 saturated heterocycles. The van der Waals surface area contributed by atoms with Gasteiger partial charge in [0.2, 0.25) is 5.91 Å². The number of rotatable bonds is 4. The Morgan fingerprint density at radius 2 is 2.12 bits per heavy atom. The Morgan fingerprint density at radius 1 is 1.24 bits per heavy atom. The van der Waals surface area contributed by atoms with E-state index in [4.69, 9.17) is 4.98 Å². The van der Waals surface area contributed by atoms with Gasteiger partial charge >= 0.3 is 0 Å². The molecule has 4 rings (SSSR count). The highest BCUT2D eigenvalue weighted by molar-refractivity contribution is 7.18. The monoisotopic (exact) mass is 356 g/mol. The lowest BCUT2D eigenvalue weighted by molar-refractivity contribution is -0.119. The fraction of sp³-hybridized carbons (Fsp3) is 0.412. The van der Waals surface area contributed by atoms with Gasteiger partial charge in [-0.2, -0.15) is 0 Å². The van der Waals surface area contributed by atoms with E-state index in [0.717, 1.165) is 54.8 Å². The van der Waals surface area contributed by atoms with Crippen LogP contribution in [-0.4, -0.2) is 43.6 Å². The number of amides is 1. The van der Waals surface area contributed by atoms with E-state index in [1.807, 2.05) is 6.07 Å². The number of carbonyl (C=O) groups is 1. The van der Waals surface area contributed by atoms with E-state index in [0.29, 0.717) is 6.54 Å². The summed E-state index contributed by atoms with van der Waals surface area (Å²) >= 11 is 1.76. The number of hydrogen-bond donors (Lipinski definition) is 1. The summed E-state index contributed by atoms with van der Waals surface area (Å²) in [6, 6.07) is 8.26. The van der Waals surface area contributed by atoms with Gasteiger partial charge in [-0.15, -0.1) is 21.5 Å². The summed E-state index contributed by atoms with van der Waals surface area (Å²) in [5.74, 6) is 1.77. The average molecular weight is 356 g/mol. The quantitative estimate of drug-likeness (QED) is 0.768. The van der Waals surface area contributed by atoms with E-state index in [2.05, 4.69) is 43.2 Å². The molecule has 1 aromatic carbocycles. The highest BCUT2D eigenvalue weighted by atomic mass is 32.1. The Kier molecular flexibility index (Phi) is 4.46. The number of nitrogens with one attached hydrogen (secondary N) is 1. The molecule has 3 aromatic rings. The zero-order chi connectivity index (χ0) is 17.2. The predicted molar refractivity (Wildman–Crippen MR) is 96.1 cm³/mol. The number of nitrogens with zero attached hydrogens (tertiary/aromatic N) is 5. The van der Waals surface area contributed by atoms with Crippen molar-refractivity contribution in [2.24, 2.45) is 0 Å². The van der Waals surface area contributed by atoms with Crippen LogP contribution in [0.4, 0.5) is 0 Å². The summed E-state index contributed by atoms with van der Waals surface area (Å²) < 4.78 is 3.37. The molecule has 0 aliphatic carbocycles. The van der Waals surface area contributed by atoms with E-state index < -0.39 is 0 Å². The van der Waals surface area contributed by atoms with E-state index in [-0.39, 0.29) is 5.91 Å². The van der Waals surface area contributed by atoms with Crippen molar-refractivity contribution < 1.29 is 4.79 Å². The molecule has 0 spiro atoms. The molecule has 2 aromatic heterocycles. The largest absolute Gasteiger partial charge is 0.349 e. The van der Waals surface area contributed by atoms with Crippen LogP contribution in [-0.2, 0) is 30.8 Å². The highest BCUT2D eigenvalue weighted by Crippen LogP contribution is 2.23. The van der Waals surface area contributed by atoms with Gasteiger partial charge in [0.15, 0.2) is 5.82 Å². The van der Waals surface area contributed by atoms with Crippen LogP contribution in [0.3, 0.4) is 0 Å². The lowest BCUT2D eigenvalue weighted by atomic mass is 10.3. The zero-order valence-electron chi connectivity index (χ0n) is 14.1. The molecule has 7 nitrogen and oxygen atoms in total. The van der Waals surface area contributed by atoms with Crippen LogP contribution < -0.4 is 5.32 Å². The minimum atomic E-state index is -0.0524. The first-order chi connectivity index (χ1) is 12.2. The summed E-state index contributed by atoms with van der Waals surface area (Å²) in [7, 11) is 0. The fourth-order valence-electron chi connectivity index (χ4n) is 3.10. The maximum Gasteiger partial charge on any atom is 0.217 e. The van der Waals surface area contributed by atoms with Crippen molar-refractivity contribution >= 4 is 27.5 Å². The molecule has 3 heterocycles. The number of hydrogen-bond acceptors (Lipinski definition) is 6. The number of aromatic nitrogens is 4. The first kappa shape index (κ1) is 16.2. The van der Waals surface area contributed by atoms with Crippen molar-refractivity contribution in [1.82, 2.24) is 30.0 Å². The predicted octanol–water partition coefficient (Wildman–Crippen LogP) is 1.58. The molecule has 1 amide bonds. The summed E-state index contributed by atoms with van der Waals surface area (Å²) in [5.41, 5.74) is 1.08. The summed E-state index contributed by atoms with van der Waals surface area (Å²) in [5, 5.41) is 12.5. The first-order valence-corrected chi connectivity index (χ1v) is 9.23. The average Bonchev–Trinajstić information content (AvgIpc) is 3.12. The van der Waals surface area contributed by atoms with E-state index >= 15 is 0 Å². The van der Waals surface area contributed by atoms with Gasteiger partial charge in [-0.1, -0.05) is 12.1 Å². The number of para-hydroxylation sites is 1. The topological polar surface area (TPSA) is 75.9 Å². The minimum Gasteiger partial charge on any atom is -0.349 e. The molecule has 130 valence electrons. The van der Waals surface area contributed by atoms with Gasteiger partial charge in [-0.25, -0.2) is 4.98 Å². The molecular weight excluding hydrogens is 336 g/mol. The van der Waals surface area contributed by atoms with Crippen LogP contribution in [0.5, 0.6) is 0 Å². The van der Waals surface area contributed by atoms with Crippen LogP contribution in [0.25, 0.3) is 10.2 Å². The van der Waals surface area contributed by atoms with Gasteiger partial charge in [0.1, 0.15) is 10.8 Å². The third kappa shape index (κ3) is 3.54. The Morgan fingerprint density at radius 3 is 2.96 bits per heavy atom. The van der Waals surface area contributed by atoms with Crippen molar-refractivity contribution in [3.63, 3.8) is 0 Å². The third-order valence-electron chi connectivity index (χ3n) is 4.39. The Hall–Kier alpha value is -2.32. The molecule has 1 aliphatic rings. The standard InChI is InChI=1S/C17H20N6OS/c1-12(24)18-10-16-21-20-15-6-7-22(8-9-23(15)16)11-17-19-13-4-2-3-5-14(13)25-17/h2-5H,6-11H2,1H3,(H,18,24). The maximum absolute atomic E-state index is 11.1. The number of benzene rings is 1. The van der Waals surface area contributed by atoms with Gasteiger partial charge in [0.25, 0.3) is 0 Å². The van der Waals surface area contributed by atoms with Gasteiger partial charge in [0.05, 0.1) is 23.3 Å². The van der Waals surface area contributed by atoms with E-state index in [1.54, 1.807) is 11.3 Å². The van der Waals surface area contributed by atoms with Crippen LogP contribution >= 0.6 is 11.3 Å². The van der Waals surface area contributed by atoms with Crippen molar-refractivity contribution in [3.05, 3.63) is 40.9 Å². The molecule has 0 unspecified atom stereocenters. The lowest BCUT2D eigenvalue weighted by Crippen LogP contribution is -2.27. The number of carbonyl (C=O) groups excluding carboxylic acids is 1. The molecule has 1 N–H and O–H groups in total. The van der Waals surface area contributed by atoms with Crippen LogP contribution in [0, 0.1) is 0 Å². The zero-order valence-corrected chi connectivity index (χ0v) is 14.9. The first-order valence-electron chi connectivity index (χ1n) is 8.41. The summed E-state index contributed by atoms with van der Waals surface area (Å²) in [4.78, 5) is 18.3. The Balaban J connectivity index is 1.43. The van der Waals surface area contributed by atoms with Crippen molar-refractivity contribution in [2.75, 3.05) is 13.1 Å². The smallest absolute Gasteiger partial charge is 0.217 e. The van der Waals surface area contributed by atoms with E-state index in [9.17, 15) is 4.79 Å². The molecule has 25 heavy (non-hydrogen) atoms. The summed E-state index contributed by atoms with van der Waals surface area (Å²) in [6.07, 6.45) is 0.859. The van der Waals surface area contributed by atoms with Gasteiger partial charge in [-0.3, -0.25) is 9.69 Å². The second kappa shape index (κ2) is 6.89. The molecule has 0 saturated carbocycles. The molecular formula is C17H20N6OS. The lowest BCUT2D eigenvalue weighted by Gasteiger charge is -2.17. The van der Waals surface area contributed by atoms with Crippen molar-refractivity contribution in [3.8, 4) is 0 Å². The maximum atomic E-state index is 11.1. The minimum absolute atomic E-state index is 0.0524. The number of fused-ring (bicyclic) bond motifs is 2. The third-order valence-corrected chi connectivity index (χ3v) is 5.41. The Labute approximate surface area is 149 Å². The fourth-order valence-corrected chi connectivity index (χ4v) is 4.11. The molecule has 0 atom stereocenters. The van der Waals surface area contributed by atoms with Crippen LogP contribution in [0.2, 0.25) is 0 Å². The van der Waals surface area contributed by atoms with Gasteiger partial charge in [-0.05, 0) is 12.1 Å². The summed E-state index contributed by atoms with van der Waals surface area (Å²) in [6.45, 7) is 5.50. The molecule has 1 aliphatic heterocycles. The van der Waals surface area contributed by atoms with Gasteiger partial charge in [0, 0.05) is 33.0 Å². The molecule has 0 bridgehead atoms. The second-order valence-electron chi connectivity index (χ2n) is 6.20. The number of thiazole rings is 1. The highest BCUT2D eigenvalue weighted by Gasteiger charge is 2.19. The van der Waals surface area contributed by atoms with Crippen LogP contribution in [0.15, 0.2) is 24.3 Å². The molecule has 0 radical (unpaired) electrons. The molecule has 0 fully saturated rings. The van der Waals surface area contributed by atoms with Crippen LogP contribution in [0.1, 0.15) is 23.6 Å².